The lowest BCUT2D eigenvalue weighted by Crippen LogP contribution is -2.49. The summed E-state index contributed by atoms with van der Waals surface area (Å²) in [6, 6.07) is 2.84. The Bertz CT molecular complexity index is 1310. The maximum atomic E-state index is 12.3. The number of carbonyl (C=O) groups excluding carboxylic acids is 1. The molecule has 37 heavy (non-hydrogen) atoms. The largest absolute Gasteiger partial charge is 0.381 e. The molecule has 3 aliphatic heterocycles. The number of allylic oxidation sites excluding steroid dienone is 2. The van der Waals surface area contributed by atoms with E-state index in [0.29, 0.717) is 24.1 Å². The van der Waals surface area contributed by atoms with E-state index in [1.165, 1.54) is 11.3 Å². The Kier molecular flexibility index (Phi) is 6.15. The number of nitrogens with zero attached hydrogens (tertiary/aromatic N) is 7. The number of rotatable bonds is 3. The first-order valence-electron chi connectivity index (χ1n) is 13.5. The second-order valence-electron chi connectivity index (χ2n) is 11.1. The maximum Gasteiger partial charge on any atom is 0.219 e. The molecule has 194 valence electrons. The first-order valence-corrected chi connectivity index (χ1v) is 13.5. The molecule has 0 N–H and O–H groups in total. The quantitative estimate of drug-likeness (QED) is 0.641. The molecule has 4 aliphatic rings. The number of hydrogen-bond donors (Lipinski definition) is 0. The molecule has 0 saturated carbocycles. The van der Waals surface area contributed by atoms with E-state index >= 15 is 0 Å². The van der Waals surface area contributed by atoms with E-state index in [9.17, 15) is 10.1 Å². The van der Waals surface area contributed by atoms with E-state index in [1.807, 2.05) is 24.3 Å². The molecule has 9 heteroatoms. The average Bonchev–Trinajstić information content (AvgIpc) is 3.51. The first-order chi connectivity index (χ1) is 17.9. The van der Waals surface area contributed by atoms with Gasteiger partial charge in [0.25, 0.3) is 0 Å². The minimum atomic E-state index is 0.0566. The number of ether oxygens (including phenoxy) is 1. The van der Waals surface area contributed by atoms with E-state index in [0.717, 1.165) is 68.9 Å². The number of anilines is 1. The number of fused-ring (bicyclic) bond motifs is 2. The number of carbonyl (C=O) groups is 1. The highest BCUT2D eigenvalue weighted by molar-refractivity contribution is 5.84. The highest BCUT2D eigenvalue weighted by Gasteiger charge is 2.40. The van der Waals surface area contributed by atoms with Gasteiger partial charge in [0.05, 0.1) is 36.5 Å². The van der Waals surface area contributed by atoms with Crippen molar-refractivity contribution < 1.29 is 9.53 Å². The molecule has 2 aromatic heterocycles. The molecular weight excluding hydrogens is 466 g/mol. The summed E-state index contributed by atoms with van der Waals surface area (Å²) in [6.07, 6.45) is 12.0. The zero-order valence-electron chi connectivity index (χ0n) is 21.9. The van der Waals surface area contributed by atoms with Crippen molar-refractivity contribution in [1.29, 1.82) is 5.26 Å². The Balaban J connectivity index is 1.42. The topological polar surface area (TPSA) is 92.2 Å². The van der Waals surface area contributed by atoms with Crippen LogP contribution in [-0.4, -0.2) is 62.7 Å². The normalized spacial score (nSPS) is 26.2. The van der Waals surface area contributed by atoms with Crippen LogP contribution in [0.1, 0.15) is 56.0 Å². The molecule has 2 fully saturated rings. The molecule has 9 nitrogen and oxygen atoms in total. The minimum Gasteiger partial charge on any atom is -0.381 e. The Morgan fingerprint density at radius 2 is 2.05 bits per heavy atom. The third-order valence-corrected chi connectivity index (χ3v) is 8.44. The van der Waals surface area contributed by atoms with Gasteiger partial charge in [-0.15, -0.1) is 0 Å². The van der Waals surface area contributed by atoms with Gasteiger partial charge in [0.2, 0.25) is 5.91 Å². The van der Waals surface area contributed by atoms with Gasteiger partial charge < -0.3 is 14.5 Å². The fourth-order valence-electron chi connectivity index (χ4n) is 6.61. The number of hydrogen-bond acceptors (Lipinski definition) is 6. The fourth-order valence-corrected chi connectivity index (χ4v) is 6.61. The fraction of sp³-hybridized carbons (Fsp3) is 0.571. The molecule has 1 amide bonds. The molecular formula is C28H35N7O2. The second-order valence-corrected chi connectivity index (χ2v) is 11.1. The lowest BCUT2D eigenvalue weighted by atomic mass is 9.77. The van der Waals surface area contributed by atoms with Gasteiger partial charge in [0.1, 0.15) is 0 Å². The number of piperidine rings is 1. The van der Waals surface area contributed by atoms with Crippen LogP contribution < -0.4 is 4.90 Å². The Hall–Kier alpha value is -3.38. The Morgan fingerprint density at radius 1 is 1.24 bits per heavy atom. The van der Waals surface area contributed by atoms with Gasteiger partial charge in [0, 0.05) is 75.6 Å². The first kappa shape index (κ1) is 24.0. The van der Waals surface area contributed by atoms with E-state index < -0.39 is 0 Å². The highest BCUT2D eigenvalue weighted by Crippen LogP contribution is 2.42. The third kappa shape index (κ3) is 4.27. The van der Waals surface area contributed by atoms with Crippen LogP contribution in [-0.2, 0) is 29.5 Å². The maximum absolute atomic E-state index is 12.3. The average molecular weight is 502 g/mol. The lowest BCUT2D eigenvalue weighted by molar-refractivity contribution is -0.129. The van der Waals surface area contributed by atoms with Gasteiger partial charge in [-0.25, -0.2) is 0 Å². The van der Waals surface area contributed by atoms with Crippen LogP contribution in [0.3, 0.4) is 0 Å². The summed E-state index contributed by atoms with van der Waals surface area (Å²) in [6.45, 7) is 7.68. The Labute approximate surface area is 218 Å². The minimum absolute atomic E-state index is 0.0566. The van der Waals surface area contributed by atoms with Crippen molar-refractivity contribution in [2.75, 3.05) is 31.2 Å². The number of amides is 1. The van der Waals surface area contributed by atoms with E-state index in [1.54, 1.807) is 11.6 Å². The van der Waals surface area contributed by atoms with Gasteiger partial charge in [0.15, 0.2) is 5.82 Å². The molecule has 0 aromatic carbocycles. The summed E-state index contributed by atoms with van der Waals surface area (Å²) >= 11 is 0. The van der Waals surface area contributed by atoms with Crippen molar-refractivity contribution in [2.24, 2.45) is 18.9 Å². The van der Waals surface area contributed by atoms with Gasteiger partial charge in [-0.1, -0.05) is 13.0 Å². The predicted molar refractivity (Wildman–Crippen MR) is 139 cm³/mol. The second kappa shape index (κ2) is 9.49. The molecule has 0 radical (unpaired) electrons. The van der Waals surface area contributed by atoms with Crippen LogP contribution in [0.5, 0.6) is 0 Å². The van der Waals surface area contributed by atoms with E-state index in [-0.39, 0.29) is 17.9 Å². The molecule has 2 saturated heterocycles. The third-order valence-electron chi connectivity index (χ3n) is 8.44. The highest BCUT2D eigenvalue weighted by atomic mass is 16.5. The Morgan fingerprint density at radius 3 is 2.76 bits per heavy atom. The van der Waals surface area contributed by atoms with Crippen LogP contribution in [0.15, 0.2) is 30.1 Å². The summed E-state index contributed by atoms with van der Waals surface area (Å²) < 4.78 is 9.68. The van der Waals surface area contributed by atoms with E-state index in [2.05, 4.69) is 39.8 Å². The van der Waals surface area contributed by atoms with Crippen molar-refractivity contribution >= 4 is 17.3 Å². The van der Waals surface area contributed by atoms with Crippen molar-refractivity contribution in [3.63, 3.8) is 0 Å². The summed E-state index contributed by atoms with van der Waals surface area (Å²) in [5, 5.41) is 19.7. The van der Waals surface area contributed by atoms with E-state index in [4.69, 9.17) is 9.84 Å². The van der Waals surface area contributed by atoms with Crippen LogP contribution in [0.4, 0.5) is 5.82 Å². The van der Waals surface area contributed by atoms with Crippen molar-refractivity contribution in [1.82, 2.24) is 24.5 Å². The monoisotopic (exact) mass is 501 g/mol. The summed E-state index contributed by atoms with van der Waals surface area (Å²) in [5.74, 6) is 1.84. The lowest BCUT2D eigenvalue weighted by Gasteiger charge is -2.44. The van der Waals surface area contributed by atoms with Crippen LogP contribution >= 0.6 is 0 Å². The van der Waals surface area contributed by atoms with Gasteiger partial charge in [-0.2, -0.15) is 15.5 Å². The van der Waals surface area contributed by atoms with Crippen LogP contribution in [0, 0.1) is 23.2 Å². The zero-order chi connectivity index (χ0) is 25.7. The van der Waals surface area contributed by atoms with Crippen molar-refractivity contribution in [3.05, 3.63) is 46.9 Å². The molecule has 0 bridgehead atoms. The van der Waals surface area contributed by atoms with Gasteiger partial charge >= 0.3 is 0 Å². The summed E-state index contributed by atoms with van der Waals surface area (Å²) in [7, 11) is 1.90. The van der Waals surface area contributed by atoms with Gasteiger partial charge in [-0.05, 0) is 36.8 Å². The van der Waals surface area contributed by atoms with Crippen LogP contribution in [0.25, 0.3) is 5.57 Å². The van der Waals surface area contributed by atoms with Crippen LogP contribution in [0.2, 0.25) is 0 Å². The SMILES string of the molecule is CC(=O)N1CCc2c(c(N3C[C@H](C)CC4C=C(c5cnn(C)c5)C(C#N)=CC43)nn2C2CCOCC2)C1. The predicted octanol–water partition coefficient (Wildman–Crippen LogP) is 3.25. The molecule has 3 atom stereocenters. The number of nitriles is 1. The molecule has 0 spiro atoms. The smallest absolute Gasteiger partial charge is 0.219 e. The molecule has 2 aromatic rings. The summed E-state index contributed by atoms with van der Waals surface area (Å²) in [5.41, 5.74) is 5.09. The van der Waals surface area contributed by atoms with Crippen molar-refractivity contribution in [2.45, 2.75) is 58.2 Å². The molecule has 6 rings (SSSR count). The number of aryl methyl sites for hydroxylation is 1. The molecule has 5 heterocycles. The number of aromatic nitrogens is 4. The molecule has 1 aliphatic carbocycles. The molecule has 2 unspecified atom stereocenters. The van der Waals surface area contributed by atoms with Gasteiger partial charge in [-0.3, -0.25) is 14.2 Å². The standard InChI is InChI=1S/C28H35N7O2/c1-18-10-20-11-24(22-14-30-32(3)16-22)21(13-29)12-27(20)34(15-18)28-25-17-33(19(2)36)7-4-26(25)35(31-28)23-5-8-37-9-6-23/h11-12,14,16,18,20,23,27H,4-10,15,17H2,1-3H3/t18-,20?,27?/m1/s1. The zero-order valence-corrected chi connectivity index (χ0v) is 21.9. The van der Waals surface area contributed by atoms with Crippen molar-refractivity contribution in [3.8, 4) is 6.07 Å². The summed E-state index contributed by atoms with van der Waals surface area (Å²) in [4.78, 5) is 16.7.